The van der Waals surface area contributed by atoms with E-state index in [2.05, 4.69) is 9.71 Å². The third kappa shape index (κ3) is 3.79. The minimum Gasteiger partial charge on any atom is -0.497 e. The van der Waals surface area contributed by atoms with Crippen molar-refractivity contribution in [3.8, 4) is 11.5 Å². The maximum absolute atomic E-state index is 12.9. The summed E-state index contributed by atoms with van der Waals surface area (Å²) in [6.45, 7) is 4.26. The first-order chi connectivity index (χ1) is 12.8. The van der Waals surface area contributed by atoms with Gasteiger partial charge in [-0.2, -0.15) is 0 Å². The Bertz CT molecular complexity index is 1050. The van der Waals surface area contributed by atoms with Crippen molar-refractivity contribution in [1.29, 1.82) is 0 Å². The number of para-hydroxylation sites is 1. The lowest BCUT2D eigenvalue weighted by Crippen LogP contribution is -2.36. The Morgan fingerprint density at radius 3 is 2.52 bits per heavy atom. The van der Waals surface area contributed by atoms with Crippen molar-refractivity contribution >= 4 is 20.9 Å². The summed E-state index contributed by atoms with van der Waals surface area (Å²) in [5.74, 6) is 0.775. The third-order valence-electron chi connectivity index (χ3n) is 4.68. The van der Waals surface area contributed by atoms with Crippen molar-refractivity contribution in [3.63, 3.8) is 0 Å². The molecule has 1 aromatic heterocycles. The summed E-state index contributed by atoms with van der Waals surface area (Å²) in [5.41, 5.74) is 1.68. The molecule has 0 bridgehead atoms. The molecule has 6 nitrogen and oxygen atoms in total. The molecule has 3 rings (SSSR count). The lowest BCUT2D eigenvalue weighted by molar-refractivity contribution is 0.385. The second kappa shape index (κ2) is 7.25. The predicted octanol–water partition coefficient (Wildman–Crippen LogP) is 3.44. The zero-order valence-electron chi connectivity index (χ0n) is 15.9. The normalized spacial score (nSPS) is 12.3. The number of aromatic amines is 1. The maximum atomic E-state index is 12.9. The fourth-order valence-electron chi connectivity index (χ4n) is 3.08. The molecule has 7 heteroatoms. The van der Waals surface area contributed by atoms with Crippen molar-refractivity contribution < 1.29 is 17.9 Å². The van der Waals surface area contributed by atoms with E-state index in [4.69, 9.17) is 9.47 Å². The van der Waals surface area contributed by atoms with Gasteiger partial charge in [-0.05, 0) is 23.8 Å². The van der Waals surface area contributed by atoms with Crippen LogP contribution in [-0.2, 0) is 15.4 Å². The van der Waals surface area contributed by atoms with Crippen LogP contribution in [0.5, 0.6) is 11.5 Å². The molecule has 0 aliphatic rings. The molecule has 0 saturated carbocycles. The van der Waals surface area contributed by atoms with Crippen LogP contribution in [0.25, 0.3) is 10.9 Å². The number of nitrogens with one attached hydrogen (secondary N) is 2. The zero-order chi connectivity index (χ0) is 19.7. The summed E-state index contributed by atoms with van der Waals surface area (Å²) in [6.07, 6.45) is 1.94. The van der Waals surface area contributed by atoms with Gasteiger partial charge in [0.05, 0.1) is 14.2 Å². The van der Waals surface area contributed by atoms with Crippen LogP contribution in [-0.4, -0.2) is 34.2 Å². The van der Waals surface area contributed by atoms with Crippen molar-refractivity contribution in [2.75, 3.05) is 20.8 Å². The summed E-state index contributed by atoms with van der Waals surface area (Å²) in [5, 5.41) is 1.09. The number of hydrogen-bond donors (Lipinski definition) is 2. The summed E-state index contributed by atoms with van der Waals surface area (Å²) >= 11 is 0. The van der Waals surface area contributed by atoms with E-state index >= 15 is 0 Å². The van der Waals surface area contributed by atoms with E-state index in [9.17, 15) is 8.42 Å². The minimum atomic E-state index is -3.75. The van der Waals surface area contributed by atoms with Gasteiger partial charge in [0.25, 0.3) is 0 Å². The third-order valence-corrected chi connectivity index (χ3v) is 6.12. The number of hydrogen-bond acceptors (Lipinski definition) is 4. The summed E-state index contributed by atoms with van der Waals surface area (Å²) in [7, 11) is -0.793. The number of ether oxygens (including phenoxy) is 2. The van der Waals surface area contributed by atoms with E-state index in [0.717, 1.165) is 16.5 Å². The molecule has 27 heavy (non-hydrogen) atoms. The van der Waals surface area contributed by atoms with E-state index in [1.54, 1.807) is 12.1 Å². The number of rotatable bonds is 7. The van der Waals surface area contributed by atoms with Gasteiger partial charge in [-0.15, -0.1) is 0 Å². The molecule has 0 saturated heterocycles. The number of benzene rings is 2. The molecule has 0 fully saturated rings. The Kier molecular flexibility index (Phi) is 5.17. The van der Waals surface area contributed by atoms with Gasteiger partial charge < -0.3 is 14.5 Å². The lowest BCUT2D eigenvalue weighted by atomic mass is 9.85. The molecule has 0 spiro atoms. The van der Waals surface area contributed by atoms with Crippen LogP contribution >= 0.6 is 0 Å². The molecule has 3 aromatic rings. The van der Waals surface area contributed by atoms with E-state index in [-0.39, 0.29) is 17.2 Å². The number of methoxy groups -OCH3 is 2. The van der Waals surface area contributed by atoms with Gasteiger partial charge in [0.2, 0.25) is 10.0 Å². The molecule has 144 valence electrons. The van der Waals surface area contributed by atoms with Gasteiger partial charge in [0.15, 0.2) is 0 Å². The van der Waals surface area contributed by atoms with Crippen molar-refractivity contribution in [2.45, 2.75) is 24.2 Å². The van der Waals surface area contributed by atoms with Gasteiger partial charge in [-0.1, -0.05) is 32.0 Å². The van der Waals surface area contributed by atoms with Crippen LogP contribution < -0.4 is 14.2 Å². The average Bonchev–Trinajstić information content (AvgIpc) is 3.11. The number of aromatic nitrogens is 1. The zero-order valence-corrected chi connectivity index (χ0v) is 16.7. The van der Waals surface area contributed by atoms with E-state index in [1.165, 1.54) is 20.3 Å². The van der Waals surface area contributed by atoms with Crippen LogP contribution in [0.2, 0.25) is 0 Å². The van der Waals surface area contributed by atoms with Gasteiger partial charge in [-0.25, -0.2) is 13.1 Å². The highest BCUT2D eigenvalue weighted by molar-refractivity contribution is 7.89. The van der Waals surface area contributed by atoms with Crippen LogP contribution in [0.1, 0.15) is 19.4 Å². The number of fused-ring (bicyclic) bond motifs is 1. The van der Waals surface area contributed by atoms with E-state index < -0.39 is 15.4 Å². The van der Waals surface area contributed by atoms with Crippen molar-refractivity contribution in [1.82, 2.24) is 9.71 Å². The van der Waals surface area contributed by atoms with E-state index in [1.807, 2.05) is 44.3 Å². The second-order valence-corrected chi connectivity index (χ2v) is 8.71. The molecular weight excluding hydrogens is 364 g/mol. The van der Waals surface area contributed by atoms with E-state index in [0.29, 0.717) is 5.75 Å². The Morgan fingerprint density at radius 2 is 1.81 bits per heavy atom. The topological polar surface area (TPSA) is 80.4 Å². The highest BCUT2D eigenvalue weighted by atomic mass is 32.2. The first-order valence-corrected chi connectivity index (χ1v) is 10.0. The first kappa shape index (κ1) is 19.3. The summed E-state index contributed by atoms with van der Waals surface area (Å²) < 4.78 is 38.8. The monoisotopic (exact) mass is 388 g/mol. The molecule has 2 N–H and O–H groups in total. The lowest BCUT2D eigenvalue weighted by Gasteiger charge is -2.25. The summed E-state index contributed by atoms with van der Waals surface area (Å²) in [6, 6.07) is 12.6. The molecule has 0 atom stereocenters. The quantitative estimate of drug-likeness (QED) is 0.650. The highest BCUT2D eigenvalue weighted by Gasteiger charge is 2.28. The Labute approximate surface area is 159 Å². The largest absolute Gasteiger partial charge is 0.497 e. The average molecular weight is 388 g/mol. The minimum absolute atomic E-state index is 0.0838. The second-order valence-electron chi connectivity index (χ2n) is 6.97. The molecule has 2 aromatic carbocycles. The fraction of sp³-hybridized carbons (Fsp3) is 0.300. The number of sulfonamides is 1. The van der Waals surface area contributed by atoms with Crippen LogP contribution in [0.3, 0.4) is 0 Å². The highest BCUT2D eigenvalue weighted by Crippen LogP contribution is 2.32. The van der Waals surface area contributed by atoms with Crippen molar-refractivity contribution in [3.05, 3.63) is 54.2 Å². The number of H-pyrrole nitrogens is 1. The summed E-state index contributed by atoms with van der Waals surface area (Å²) in [4.78, 5) is 3.33. The maximum Gasteiger partial charge on any atom is 0.244 e. The molecule has 0 aliphatic carbocycles. The van der Waals surface area contributed by atoms with Gasteiger partial charge in [0.1, 0.15) is 16.4 Å². The first-order valence-electron chi connectivity index (χ1n) is 8.57. The fourth-order valence-corrected chi connectivity index (χ4v) is 4.44. The van der Waals surface area contributed by atoms with Crippen LogP contribution in [0.15, 0.2) is 53.6 Å². The standard InChI is InChI=1S/C20H24N2O4S/c1-20(2,16-12-21-17-8-6-5-7-15(16)17)13-22-27(23,24)19-10-9-14(25-3)11-18(19)26-4/h5-12,21-22H,13H2,1-4H3. The SMILES string of the molecule is COc1ccc(S(=O)(=O)NCC(C)(C)c2c[nH]c3ccccc23)c(OC)c1. The predicted molar refractivity (Wildman–Crippen MR) is 106 cm³/mol. The molecule has 1 heterocycles. The Balaban J connectivity index is 1.86. The molecule has 0 radical (unpaired) electrons. The molecule has 0 unspecified atom stereocenters. The van der Waals surface area contributed by atoms with Crippen LogP contribution in [0.4, 0.5) is 0 Å². The molecular formula is C20H24N2O4S. The van der Waals surface area contributed by atoms with Gasteiger partial charge >= 0.3 is 0 Å². The smallest absolute Gasteiger partial charge is 0.244 e. The van der Waals surface area contributed by atoms with Crippen LogP contribution in [0, 0.1) is 0 Å². The van der Waals surface area contributed by atoms with Gasteiger partial charge in [0, 0.05) is 35.1 Å². The molecule has 0 amide bonds. The van der Waals surface area contributed by atoms with Gasteiger partial charge in [-0.3, -0.25) is 0 Å². The molecule has 0 aliphatic heterocycles. The van der Waals surface area contributed by atoms with Crippen molar-refractivity contribution in [2.24, 2.45) is 0 Å². The Morgan fingerprint density at radius 1 is 1.07 bits per heavy atom. The Hall–Kier alpha value is -2.51.